The Hall–Kier alpha value is -1.47. The van der Waals surface area contributed by atoms with Gasteiger partial charge in [0.05, 0.1) is 11.7 Å². The van der Waals surface area contributed by atoms with Crippen molar-refractivity contribution in [2.45, 2.75) is 63.6 Å². The molecule has 2 aliphatic heterocycles. The lowest BCUT2D eigenvalue weighted by molar-refractivity contribution is -0.179. The Kier molecular flexibility index (Phi) is 4.96. The third-order valence-corrected chi connectivity index (χ3v) is 4.96. The number of aromatic nitrogens is 2. The average molecular weight is 323 g/mol. The summed E-state index contributed by atoms with van der Waals surface area (Å²) in [5.41, 5.74) is -0.433. The largest absolute Gasteiger partial charge is 0.390 e. The van der Waals surface area contributed by atoms with E-state index < -0.39 is 11.7 Å². The standard InChI is InChI=1S/C16H25N3O4/c1-2-13-17-14(23-18-13)5-6-15(21)19-9-7-16(8-10-19)12(20)4-3-11-22-16/h12,20H,2-11H2,1H3/t12-/m0/s1. The minimum Gasteiger partial charge on any atom is -0.390 e. The van der Waals surface area contributed by atoms with E-state index in [2.05, 4.69) is 10.1 Å². The van der Waals surface area contributed by atoms with E-state index >= 15 is 0 Å². The summed E-state index contributed by atoms with van der Waals surface area (Å²) in [5.74, 6) is 1.30. The molecule has 1 N–H and O–H groups in total. The number of rotatable bonds is 4. The van der Waals surface area contributed by atoms with Crippen molar-refractivity contribution in [2.75, 3.05) is 19.7 Å². The molecule has 0 bridgehead atoms. The summed E-state index contributed by atoms with van der Waals surface area (Å²) in [7, 11) is 0. The van der Waals surface area contributed by atoms with Gasteiger partial charge in [0.2, 0.25) is 11.8 Å². The zero-order valence-corrected chi connectivity index (χ0v) is 13.7. The molecule has 0 saturated carbocycles. The summed E-state index contributed by atoms with van der Waals surface area (Å²) < 4.78 is 11.0. The number of carbonyl (C=O) groups excluding carboxylic acids is 1. The molecular weight excluding hydrogens is 298 g/mol. The van der Waals surface area contributed by atoms with E-state index in [0.29, 0.717) is 57.1 Å². The molecule has 1 atom stereocenters. The van der Waals surface area contributed by atoms with Crippen LogP contribution in [0.4, 0.5) is 0 Å². The van der Waals surface area contributed by atoms with Gasteiger partial charge in [0.1, 0.15) is 0 Å². The maximum Gasteiger partial charge on any atom is 0.227 e. The first-order valence-electron chi connectivity index (χ1n) is 8.54. The van der Waals surface area contributed by atoms with Crippen LogP contribution in [0.1, 0.15) is 50.7 Å². The lowest BCUT2D eigenvalue weighted by Crippen LogP contribution is -2.56. The van der Waals surface area contributed by atoms with Crippen LogP contribution in [0.2, 0.25) is 0 Å². The number of carbonyl (C=O) groups is 1. The first-order chi connectivity index (χ1) is 11.1. The number of likely N-dealkylation sites (tertiary alicyclic amines) is 1. The second kappa shape index (κ2) is 6.97. The second-order valence-electron chi connectivity index (χ2n) is 6.41. The summed E-state index contributed by atoms with van der Waals surface area (Å²) in [4.78, 5) is 18.4. The van der Waals surface area contributed by atoms with Crippen molar-refractivity contribution in [1.29, 1.82) is 0 Å². The van der Waals surface area contributed by atoms with Crippen molar-refractivity contribution in [2.24, 2.45) is 0 Å². The molecule has 1 amide bonds. The van der Waals surface area contributed by atoms with Crippen LogP contribution < -0.4 is 0 Å². The lowest BCUT2D eigenvalue weighted by Gasteiger charge is -2.46. The second-order valence-corrected chi connectivity index (χ2v) is 6.41. The molecular formula is C16H25N3O4. The predicted octanol–water partition coefficient (Wildman–Crippen LogP) is 1.10. The summed E-state index contributed by atoms with van der Waals surface area (Å²) in [6.07, 6.45) is 4.31. The Morgan fingerprint density at radius 3 is 2.87 bits per heavy atom. The molecule has 2 saturated heterocycles. The minimum atomic E-state index is -0.433. The molecule has 1 spiro atoms. The van der Waals surface area contributed by atoms with Gasteiger partial charge in [-0.05, 0) is 25.7 Å². The SMILES string of the molecule is CCc1noc(CCC(=O)N2CCC3(CC2)OCCC[C@@H]3O)n1. The fourth-order valence-corrected chi connectivity index (χ4v) is 3.43. The van der Waals surface area contributed by atoms with E-state index in [1.165, 1.54) is 0 Å². The normalized spacial score (nSPS) is 24.1. The van der Waals surface area contributed by atoms with Crippen LogP contribution in [0.15, 0.2) is 4.52 Å². The number of aryl methyl sites for hydroxylation is 2. The number of aliphatic hydroxyl groups excluding tert-OH is 1. The van der Waals surface area contributed by atoms with Crippen molar-refractivity contribution in [3.63, 3.8) is 0 Å². The van der Waals surface area contributed by atoms with E-state index in [0.717, 1.165) is 19.3 Å². The molecule has 2 aliphatic rings. The molecule has 1 aromatic rings. The first kappa shape index (κ1) is 16.4. The molecule has 7 nitrogen and oxygen atoms in total. The van der Waals surface area contributed by atoms with Crippen molar-refractivity contribution in [3.05, 3.63) is 11.7 Å². The molecule has 0 radical (unpaired) electrons. The highest BCUT2D eigenvalue weighted by molar-refractivity contribution is 5.76. The van der Waals surface area contributed by atoms with Gasteiger partial charge in [-0.1, -0.05) is 12.1 Å². The Morgan fingerprint density at radius 2 is 2.22 bits per heavy atom. The molecule has 0 aromatic carbocycles. The maximum absolute atomic E-state index is 12.3. The van der Waals surface area contributed by atoms with Crippen LogP contribution in [-0.2, 0) is 22.4 Å². The summed E-state index contributed by atoms with van der Waals surface area (Å²) in [5, 5.41) is 14.1. The quantitative estimate of drug-likeness (QED) is 0.892. The van der Waals surface area contributed by atoms with Crippen molar-refractivity contribution in [1.82, 2.24) is 15.0 Å². The number of ether oxygens (including phenoxy) is 1. The average Bonchev–Trinajstić information content (AvgIpc) is 3.04. The van der Waals surface area contributed by atoms with Gasteiger partial charge in [0, 0.05) is 39.0 Å². The van der Waals surface area contributed by atoms with E-state index in [1.54, 1.807) is 0 Å². The Bertz CT molecular complexity index is 537. The summed E-state index contributed by atoms with van der Waals surface area (Å²) in [6, 6.07) is 0. The molecule has 0 aliphatic carbocycles. The van der Waals surface area contributed by atoms with E-state index in [9.17, 15) is 9.90 Å². The van der Waals surface area contributed by atoms with Crippen LogP contribution in [0, 0.1) is 0 Å². The minimum absolute atomic E-state index is 0.0985. The van der Waals surface area contributed by atoms with E-state index in [4.69, 9.17) is 9.26 Å². The molecule has 3 heterocycles. The molecule has 0 unspecified atom stereocenters. The van der Waals surface area contributed by atoms with E-state index in [1.807, 2.05) is 11.8 Å². The zero-order chi connectivity index (χ0) is 16.3. The van der Waals surface area contributed by atoms with Gasteiger partial charge in [-0.3, -0.25) is 4.79 Å². The molecule has 7 heteroatoms. The number of amides is 1. The van der Waals surface area contributed by atoms with E-state index in [-0.39, 0.29) is 5.91 Å². The van der Waals surface area contributed by atoms with Gasteiger partial charge in [0.15, 0.2) is 5.82 Å². The van der Waals surface area contributed by atoms with Crippen LogP contribution in [0.25, 0.3) is 0 Å². The topological polar surface area (TPSA) is 88.7 Å². The van der Waals surface area contributed by atoms with Gasteiger partial charge in [0.25, 0.3) is 0 Å². The highest BCUT2D eigenvalue weighted by atomic mass is 16.5. The van der Waals surface area contributed by atoms with Crippen LogP contribution in [0.5, 0.6) is 0 Å². The van der Waals surface area contributed by atoms with Gasteiger partial charge in [-0.2, -0.15) is 4.98 Å². The van der Waals surface area contributed by atoms with Gasteiger partial charge in [-0.25, -0.2) is 0 Å². The zero-order valence-electron chi connectivity index (χ0n) is 13.7. The number of hydrogen-bond donors (Lipinski definition) is 1. The Balaban J connectivity index is 1.48. The summed E-state index contributed by atoms with van der Waals surface area (Å²) in [6.45, 7) is 3.95. The van der Waals surface area contributed by atoms with Gasteiger partial charge in [-0.15, -0.1) is 0 Å². The lowest BCUT2D eigenvalue weighted by atomic mass is 9.82. The first-order valence-corrected chi connectivity index (χ1v) is 8.54. The number of hydrogen-bond acceptors (Lipinski definition) is 6. The van der Waals surface area contributed by atoms with Gasteiger partial charge < -0.3 is 19.3 Å². The monoisotopic (exact) mass is 323 g/mol. The third-order valence-electron chi connectivity index (χ3n) is 4.96. The van der Waals surface area contributed by atoms with Crippen molar-refractivity contribution in [3.8, 4) is 0 Å². The summed E-state index contributed by atoms with van der Waals surface area (Å²) >= 11 is 0. The predicted molar refractivity (Wildman–Crippen MR) is 81.7 cm³/mol. The van der Waals surface area contributed by atoms with Crippen LogP contribution in [0.3, 0.4) is 0 Å². The van der Waals surface area contributed by atoms with Crippen molar-refractivity contribution >= 4 is 5.91 Å². The smallest absolute Gasteiger partial charge is 0.227 e. The number of piperidine rings is 1. The third kappa shape index (κ3) is 3.55. The highest BCUT2D eigenvalue weighted by Gasteiger charge is 2.44. The number of nitrogens with zero attached hydrogens (tertiary/aromatic N) is 3. The molecule has 3 rings (SSSR count). The van der Waals surface area contributed by atoms with Crippen LogP contribution >= 0.6 is 0 Å². The highest BCUT2D eigenvalue weighted by Crippen LogP contribution is 2.35. The fourth-order valence-electron chi connectivity index (χ4n) is 3.43. The fraction of sp³-hybridized carbons (Fsp3) is 0.812. The molecule has 23 heavy (non-hydrogen) atoms. The molecule has 1 aromatic heterocycles. The number of aliphatic hydroxyl groups is 1. The Morgan fingerprint density at radius 1 is 1.43 bits per heavy atom. The van der Waals surface area contributed by atoms with Gasteiger partial charge >= 0.3 is 0 Å². The maximum atomic E-state index is 12.3. The molecule has 128 valence electrons. The van der Waals surface area contributed by atoms with Crippen molar-refractivity contribution < 1.29 is 19.2 Å². The van der Waals surface area contributed by atoms with Crippen LogP contribution in [-0.4, -0.2) is 57.5 Å². The molecule has 2 fully saturated rings. The Labute approximate surface area is 136 Å².